The topological polar surface area (TPSA) is 64.6 Å². The molecule has 0 bridgehead atoms. The molecular weight excluding hydrogens is 306 g/mol. The van der Waals surface area contributed by atoms with Gasteiger partial charge < -0.3 is 14.8 Å². The maximum Gasteiger partial charge on any atom is 0.344 e. The summed E-state index contributed by atoms with van der Waals surface area (Å²) in [6.45, 7) is 5.88. The van der Waals surface area contributed by atoms with E-state index >= 15 is 0 Å². The second kappa shape index (κ2) is 8.15. The molecule has 0 radical (unpaired) electrons. The maximum atomic E-state index is 12.3. The number of hydrogen-bond acceptors (Lipinski definition) is 4. The van der Waals surface area contributed by atoms with Crippen molar-refractivity contribution < 1.29 is 19.1 Å². The van der Waals surface area contributed by atoms with Crippen molar-refractivity contribution in [3.05, 3.63) is 59.2 Å². The number of anilines is 1. The molecule has 5 heteroatoms. The quantitative estimate of drug-likeness (QED) is 0.825. The van der Waals surface area contributed by atoms with Crippen LogP contribution in [0.4, 0.5) is 5.69 Å². The summed E-state index contributed by atoms with van der Waals surface area (Å²) >= 11 is 0. The summed E-state index contributed by atoms with van der Waals surface area (Å²) in [6.07, 6.45) is 0. The van der Waals surface area contributed by atoms with Gasteiger partial charge in [-0.3, -0.25) is 4.79 Å². The monoisotopic (exact) mass is 327 g/mol. The molecule has 24 heavy (non-hydrogen) atoms. The van der Waals surface area contributed by atoms with Gasteiger partial charge in [0.05, 0.1) is 6.61 Å². The van der Waals surface area contributed by atoms with Crippen molar-refractivity contribution >= 4 is 17.6 Å². The van der Waals surface area contributed by atoms with Crippen LogP contribution in [0.2, 0.25) is 0 Å². The van der Waals surface area contributed by atoms with Gasteiger partial charge in [-0.15, -0.1) is 0 Å². The largest absolute Gasteiger partial charge is 0.482 e. The number of aryl methyl sites for hydroxylation is 1. The van der Waals surface area contributed by atoms with E-state index in [1.54, 1.807) is 31.2 Å². The average Bonchev–Trinajstić information content (AvgIpc) is 2.58. The van der Waals surface area contributed by atoms with Crippen molar-refractivity contribution in [3.8, 4) is 5.75 Å². The molecule has 2 aromatic rings. The van der Waals surface area contributed by atoms with Crippen molar-refractivity contribution in [2.24, 2.45) is 0 Å². The Labute approximate surface area is 141 Å². The van der Waals surface area contributed by atoms with E-state index in [4.69, 9.17) is 9.47 Å². The molecule has 1 amide bonds. The van der Waals surface area contributed by atoms with E-state index in [0.717, 1.165) is 16.8 Å². The van der Waals surface area contributed by atoms with E-state index in [1.807, 2.05) is 32.0 Å². The molecule has 0 atom stereocenters. The summed E-state index contributed by atoms with van der Waals surface area (Å²) in [4.78, 5) is 23.6. The lowest BCUT2D eigenvalue weighted by Gasteiger charge is -2.11. The highest BCUT2D eigenvalue weighted by molar-refractivity contribution is 6.04. The Bertz CT molecular complexity index is 723. The molecule has 0 aliphatic rings. The Morgan fingerprint density at radius 1 is 1.04 bits per heavy atom. The van der Waals surface area contributed by atoms with Gasteiger partial charge >= 0.3 is 5.97 Å². The van der Waals surface area contributed by atoms with Gasteiger partial charge in [0.1, 0.15) is 5.75 Å². The molecule has 0 spiro atoms. The van der Waals surface area contributed by atoms with Gasteiger partial charge in [0.2, 0.25) is 0 Å². The predicted octanol–water partition coefficient (Wildman–Crippen LogP) is 3.50. The van der Waals surface area contributed by atoms with E-state index in [1.165, 1.54) is 0 Å². The molecule has 0 unspecified atom stereocenters. The van der Waals surface area contributed by atoms with Crippen LogP contribution in [0.25, 0.3) is 0 Å². The summed E-state index contributed by atoms with van der Waals surface area (Å²) in [5, 5.41) is 2.90. The molecule has 126 valence electrons. The molecule has 0 fully saturated rings. The van der Waals surface area contributed by atoms with E-state index in [-0.39, 0.29) is 12.5 Å². The standard InChI is InChI=1S/C19H21NO4/c1-4-23-18(21)12-24-16-10-8-15(9-11-16)19(22)20-17-7-5-6-13(2)14(17)3/h5-11H,4,12H2,1-3H3,(H,20,22). The van der Waals surface area contributed by atoms with E-state index in [9.17, 15) is 9.59 Å². The Balaban J connectivity index is 1.98. The number of nitrogens with one attached hydrogen (secondary N) is 1. The van der Waals surface area contributed by atoms with E-state index in [0.29, 0.717) is 17.9 Å². The molecule has 0 aromatic heterocycles. The van der Waals surface area contributed by atoms with Crippen molar-refractivity contribution in [1.82, 2.24) is 0 Å². The minimum absolute atomic E-state index is 0.151. The first-order chi connectivity index (χ1) is 11.5. The van der Waals surface area contributed by atoms with E-state index < -0.39 is 5.97 Å². The van der Waals surface area contributed by atoms with Crippen LogP contribution >= 0.6 is 0 Å². The van der Waals surface area contributed by atoms with Gasteiger partial charge in [0.15, 0.2) is 6.61 Å². The van der Waals surface area contributed by atoms with Crippen LogP contribution in [0.3, 0.4) is 0 Å². The van der Waals surface area contributed by atoms with Gasteiger partial charge in [-0.05, 0) is 62.2 Å². The molecule has 0 aliphatic carbocycles. The van der Waals surface area contributed by atoms with Gasteiger partial charge in [0.25, 0.3) is 5.91 Å². The van der Waals surface area contributed by atoms with Gasteiger partial charge in [-0.2, -0.15) is 0 Å². The number of carbonyl (C=O) groups excluding carboxylic acids is 2. The predicted molar refractivity (Wildman–Crippen MR) is 92.4 cm³/mol. The molecule has 0 aliphatic heterocycles. The van der Waals surface area contributed by atoms with Crippen LogP contribution in [0.15, 0.2) is 42.5 Å². The molecule has 2 aromatic carbocycles. The summed E-state index contributed by atoms with van der Waals surface area (Å²) < 4.78 is 10.1. The minimum Gasteiger partial charge on any atom is -0.482 e. The highest BCUT2D eigenvalue weighted by Crippen LogP contribution is 2.19. The van der Waals surface area contributed by atoms with Crippen molar-refractivity contribution in [2.45, 2.75) is 20.8 Å². The summed E-state index contributed by atoms with van der Waals surface area (Å²) in [7, 11) is 0. The summed E-state index contributed by atoms with van der Waals surface area (Å²) in [6, 6.07) is 12.4. The minimum atomic E-state index is -0.422. The number of benzene rings is 2. The Morgan fingerprint density at radius 3 is 2.42 bits per heavy atom. The van der Waals surface area contributed by atoms with Crippen LogP contribution in [0, 0.1) is 13.8 Å². The lowest BCUT2D eigenvalue weighted by Crippen LogP contribution is -2.15. The first kappa shape index (κ1) is 17.5. The number of hydrogen-bond donors (Lipinski definition) is 1. The lowest BCUT2D eigenvalue weighted by molar-refractivity contribution is -0.145. The van der Waals surface area contributed by atoms with Gasteiger partial charge in [0, 0.05) is 11.3 Å². The van der Waals surface area contributed by atoms with Crippen molar-refractivity contribution in [1.29, 1.82) is 0 Å². The van der Waals surface area contributed by atoms with Gasteiger partial charge in [-0.1, -0.05) is 12.1 Å². The second-order valence-corrected chi connectivity index (χ2v) is 5.32. The molecule has 0 heterocycles. The average molecular weight is 327 g/mol. The van der Waals surface area contributed by atoms with Crippen molar-refractivity contribution in [2.75, 3.05) is 18.5 Å². The third kappa shape index (κ3) is 4.59. The summed E-state index contributed by atoms with van der Waals surface area (Å²) in [5.74, 6) is -0.110. The number of ether oxygens (including phenoxy) is 2. The molecular formula is C19H21NO4. The molecule has 2 rings (SSSR count). The third-order valence-corrected chi connectivity index (χ3v) is 3.63. The fourth-order valence-corrected chi connectivity index (χ4v) is 2.13. The van der Waals surface area contributed by atoms with Crippen LogP contribution < -0.4 is 10.1 Å². The number of amides is 1. The van der Waals surface area contributed by atoms with Crippen LogP contribution in [0.1, 0.15) is 28.4 Å². The van der Waals surface area contributed by atoms with Crippen LogP contribution in [-0.4, -0.2) is 25.1 Å². The highest BCUT2D eigenvalue weighted by Gasteiger charge is 2.09. The Hall–Kier alpha value is -2.82. The van der Waals surface area contributed by atoms with Crippen LogP contribution in [0.5, 0.6) is 5.75 Å². The second-order valence-electron chi connectivity index (χ2n) is 5.32. The van der Waals surface area contributed by atoms with Gasteiger partial charge in [-0.25, -0.2) is 4.79 Å². The first-order valence-corrected chi connectivity index (χ1v) is 7.77. The number of rotatable bonds is 6. The Kier molecular flexibility index (Phi) is 5.95. The van der Waals surface area contributed by atoms with Crippen LogP contribution in [-0.2, 0) is 9.53 Å². The smallest absolute Gasteiger partial charge is 0.344 e. The Morgan fingerprint density at radius 2 is 1.75 bits per heavy atom. The lowest BCUT2D eigenvalue weighted by atomic mass is 10.1. The molecule has 1 N–H and O–H groups in total. The normalized spacial score (nSPS) is 10.1. The zero-order valence-electron chi connectivity index (χ0n) is 14.1. The van der Waals surface area contributed by atoms with Crippen molar-refractivity contribution in [3.63, 3.8) is 0 Å². The molecule has 5 nitrogen and oxygen atoms in total. The zero-order chi connectivity index (χ0) is 17.5. The highest BCUT2D eigenvalue weighted by atomic mass is 16.6. The number of esters is 1. The third-order valence-electron chi connectivity index (χ3n) is 3.63. The fourth-order valence-electron chi connectivity index (χ4n) is 2.13. The fraction of sp³-hybridized carbons (Fsp3) is 0.263. The first-order valence-electron chi connectivity index (χ1n) is 7.77. The zero-order valence-corrected chi connectivity index (χ0v) is 14.1. The molecule has 0 saturated heterocycles. The SMILES string of the molecule is CCOC(=O)COc1ccc(C(=O)Nc2cccc(C)c2C)cc1. The van der Waals surface area contributed by atoms with E-state index in [2.05, 4.69) is 5.32 Å². The maximum absolute atomic E-state index is 12.3. The summed E-state index contributed by atoms with van der Waals surface area (Å²) in [5.41, 5.74) is 3.47. The molecule has 0 saturated carbocycles. The number of carbonyl (C=O) groups is 2.